The van der Waals surface area contributed by atoms with Crippen LogP contribution in [0.1, 0.15) is 17.0 Å². The minimum atomic E-state index is 0.289. The van der Waals surface area contributed by atoms with Gasteiger partial charge in [0.25, 0.3) is 0 Å². The first kappa shape index (κ1) is 11.6. The number of nitrogens with zero attached hydrogens (tertiary/aromatic N) is 3. The number of nitrogens with one attached hydrogen (secondary N) is 1. The Morgan fingerprint density at radius 1 is 1.35 bits per heavy atom. The summed E-state index contributed by atoms with van der Waals surface area (Å²) in [6.45, 7) is 3.22. The molecule has 0 aliphatic heterocycles. The SMILES string of the molecule is CNCc1nnn(Cc2ccccc2O)c1C. The first-order valence-electron chi connectivity index (χ1n) is 5.53. The Bertz CT molecular complexity index is 507. The minimum Gasteiger partial charge on any atom is -0.508 e. The molecule has 0 aliphatic rings. The van der Waals surface area contributed by atoms with E-state index in [4.69, 9.17) is 0 Å². The maximum absolute atomic E-state index is 9.70. The lowest BCUT2D eigenvalue weighted by Crippen LogP contribution is -2.08. The Balaban J connectivity index is 2.22. The minimum absolute atomic E-state index is 0.289. The van der Waals surface area contributed by atoms with Gasteiger partial charge in [0, 0.05) is 12.1 Å². The molecule has 1 aromatic heterocycles. The van der Waals surface area contributed by atoms with Gasteiger partial charge in [-0.1, -0.05) is 23.4 Å². The van der Waals surface area contributed by atoms with Crippen molar-refractivity contribution in [3.8, 4) is 5.75 Å². The average Bonchev–Trinajstić information content (AvgIpc) is 2.65. The van der Waals surface area contributed by atoms with Crippen molar-refractivity contribution in [1.82, 2.24) is 20.3 Å². The number of para-hydroxylation sites is 1. The second-order valence-corrected chi connectivity index (χ2v) is 3.94. The first-order valence-corrected chi connectivity index (χ1v) is 5.53. The van der Waals surface area contributed by atoms with Crippen LogP contribution in [-0.4, -0.2) is 27.1 Å². The molecule has 2 rings (SSSR count). The number of hydrogen-bond donors (Lipinski definition) is 2. The van der Waals surface area contributed by atoms with E-state index < -0.39 is 0 Å². The molecule has 90 valence electrons. The lowest BCUT2D eigenvalue weighted by Gasteiger charge is -2.05. The lowest BCUT2D eigenvalue weighted by molar-refractivity contribution is 0.462. The Morgan fingerprint density at radius 2 is 2.12 bits per heavy atom. The van der Waals surface area contributed by atoms with E-state index in [1.165, 1.54) is 0 Å². The summed E-state index contributed by atoms with van der Waals surface area (Å²) in [5, 5.41) is 20.9. The summed E-state index contributed by atoms with van der Waals surface area (Å²) in [5.74, 6) is 0.289. The second-order valence-electron chi connectivity index (χ2n) is 3.94. The van der Waals surface area contributed by atoms with E-state index in [1.54, 1.807) is 16.8 Å². The quantitative estimate of drug-likeness (QED) is 0.827. The summed E-state index contributed by atoms with van der Waals surface area (Å²) in [7, 11) is 1.88. The summed E-state index contributed by atoms with van der Waals surface area (Å²) >= 11 is 0. The standard InChI is InChI=1S/C12H16N4O/c1-9-11(7-13-2)14-15-16(9)8-10-5-3-4-6-12(10)17/h3-6,13,17H,7-8H2,1-2H3. The maximum atomic E-state index is 9.70. The predicted molar refractivity (Wildman–Crippen MR) is 64.7 cm³/mol. The van der Waals surface area contributed by atoms with Crippen LogP contribution in [0.2, 0.25) is 0 Å². The van der Waals surface area contributed by atoms with Crippen molar-refractivity contribution in [1.29, 1.82) is 0 Å². The van der Waals surface area contributed by atoms with Crippen molar-refractivity contribution < 1.29 is 5.11 Å². The molecule has 1 heterocycles. The lowest BCUT2D eigenvalue weighted by atomic mass is 10.2. The molecule has 0 spiro atoms. The molecule has 0 radical (unpaired) electrons. The van der Waals surface area contributed by atoms with Crippen LogP contribution in [0.4, 0.5) is 0 Å². The highest BCUT2D eigenvalue weighted by Gasteiger charge is 2.09. The molecule has 5 heteroatoms. The van der Waals surface area contributed by atoms with Crippen molar-refractivity contribution in [3.63, 3.8) is 0 Å². The summed E-state index contributed by atoms with van der Waals surface area (Å²) in [4.78, 5) is 0. The van der Waals surface area contributed by atoms with Gasteiger partial charge >= 0.3 is 0 Å². The smallest absolute Gasteiger partial charge is 0.120 e. The van der Waals surface area contributed by atoms with Gasteiger partial charge in [-0.2, -0.15) is 0 Å². The van der Waals surface area contributed by atoms with Gasteiger partial charge in [0.15, 0.2) is 0 Å². The van der Waals surface area contributed by atoms with Crippen LogP contribution in [0, 0.1) is 6.92 Å². The summed E-state index contributed by atoms with van der Waals surface area (Å²) < 4.78 is 1.79. The number of aromatic hydroxyl groups is 1. The van der Waals surface area contributed by atoms with Gasteiger partial charge in [-0.05, 0) is 20.0 Å². The monoisotopic (exact) mass is 232 g/mol. The van der Waals surface area contributed by atoms with Crippen molar-refractivity contribution in [3.05, 3.63) is 41.2 Å². The number of phenolic OH excluding ortho intramolecular Hbond substituents is 1. The van der Waals surface area contributed by atoms with E-state index >= 15 is 0 Å². The number of phenols is 1. The first-order chi connectivity index (χ1) is 8.22. The number of benzene rings is 1. The predicted octanol–water partition coefficient (Wildman–Crippen LogP) is 1.06. The van der Waals surface area contributed by atoms with E-state index in [1.807, 2.05) is 26.1 Å². The molecular weight excluding hydrogens is 216 g/mol. The Labute approximate surface area is 100 Å². The molecular formula is C12H16N4O. The van der Waals surface area contributed by atoms with E-state index in [-0.39, 0.29) is 5.75 Å². The van der Waals surface area contributed by atoms with Crippen LogP contribution in [0.25, 0.3) is 0 Å². The molecule has 5 nitrogen and oxygen atoms in total. The van der Waals surface area contributed by atoms with Crippen molar-refractivity contribution in [2.75, 3.05) is 7.05 Å². The molecule has 0 atom stereocenters. The number of hydrogen-bond acceptors (Lipinski definition) is 4. The van der Waals surface area contributed by atoms with Crippen LogP contribution in [0.15, 0.2) is 24.3 Å². The second kappa shape index (κ2) is 4.97. The summed E-state index contributed by atoms with van der Waals surface area (Å²) in [5.41, 5.74) is 2.79. The summed E-state index contributed by atoms with van der Waals surface area (Å²) in [6.07, 6.45) is 0. The average molecular weight is 232 g/mol. The zero-order chi connectivity index (χ0) is 12.3. The normalized spacial score (nSPS) is 10.7. The fourth-order valence-electron chi connectivity index (χ4n) is 1.68. The van der Waals surface area contributed by atoms with Gasteiger partial charge in [0.1, 0.15) is 5.75 Å². The zero-order valence-electron chi connectivity index (χ0n) is 10.0. The van der Waals surface area contributed by atoms with E-state index in [0.717, 1.165) is 17.0 Å². The van der Waals surface area contributed by atoms with Crippen LogP contribution in [0.3, 0.4) is 0 Å². The highest BCUT2D eigenvalue weighted by Crippen LogP contribution is 2.17. The molecule has 0 saturated carbocycles. The molecule has 1 aromatic carbocycles. The molecule has 0 aliphatic carbocycles. The number of rotatable bonds is 4. The summed E-state index contributed by atoms with van der Waals surface area (Å²) in [6, 6.07) is 7.26. The van der Waals surface area contributed by atoms with Crippen LogP contribution < -0.4 is 5.32 Å². The highest BCUT2D eigenvalue weighted by molar-refractivity contribution is 5.32. The van der Waals surface area contributed by atoms with Crippen molar-refractivity contribution in [2.45, 2.75) is 20.0 Å². The van der Waals surface area contributed by atoms with Crippen molar-refractivity contribution >= 4 is 0 Å². The molecule has 0 fully saturated rings. The molecule has 0 unspecified atom stereocenters. The van der Waals surface area contributed by atoms with Gasteiger partial charge in [0.2, 0.25) is 0 Å². The molecule has 0 bridgehead atoms. The molecule has 0 amide bonds. The Morgan fingerprint density at radius 3 is 2.82 bits per heavy atom. The third kappa shape index (κ3) is 2.45. The maximum Gasteiger partial charge on any atom is 0.120 e. The topological polar surface area (TPSA) is 63.0 Å². The molecule has 0 saturated heterocycles. The molecule has 2 N–H and O–H groups in total. The van der Waals surface area contributed by atoms with E-state index in [2.05, 4.69) is 15.6 Å². The van der Waals surface area contributed by atoms with Crippen molar-refractivity contribution in [2.24, 2.45) is 0 Å². The van der Waals surface area contributed by atoms with Crippen LogP contribution in [-0.2, 0) is 13.1 Å². The fraction of sp³-hybridized carbons (Fsp3) is 0.333. The largest absolute Gasteiger partial charge is 0.508 e. The van der Waals surface area contributed by atoms with Crippen LogP contribution in [0.5, 0.6) is 5.75 Å². The van der Waals surface area contributed by atoms with Crippen LogP contribution >= 0.6 is 0 Å². The van der Waals surface area contributed by atoms with Gasteiger partial charge in [-0.15, -0.1) is 5.10 Å². The third-order valence-corrected chi connectivity index (χ3v) is 2.73. The molecule has 17 heavy (non-hydrogen) atoms. The van der Waals surface area contributed by atoms with Gasteiger partial charge in [0.05, 0.1) is 17.9 Å². The third-order valence-electron chi connectivity index (χ3n) is 2.73. The highest BCUT2D eigenvalue weighted by atomic mass is 16.3. The van der Waals surface area contributed by atoms with Gasteiger partial charge in [-0.25, -0.2) is 4.68 Å². The van der Waals surface area contributed by atoms with E-state index in [0.29, 0.717) is 13.1 Å². The van der Waals surface area contributed by atoms with Gasteiger partial charge in [-0.3, -0.25) is 0 Å². The Kier molecular flexibility index (Phi) is 3.39. The number of aromatic nitrogens is 3. The van der Waals surface area contributed by atoms with Gasteiger partial charge < -0.3 is 10.4 Å². The zero-order valence-corrected chi connectivity index (χ0v) is 10.0. The van der Waals surface area contributed by atoms with E-state index in [9.17, 15) is 5.11 Å². The molecule has 2 aromatic rings. The fourth-order valence-corrected chi connectivity index (χ4v) is 1.68. The Hall–Kier alpha value is -1.88.